The first kappa shape index (κ1) is 28.3. The molecule has 5 rings (SSSR count). The van der Waals surface area contributed by atoms with Crippen LogP contribution in [-0.2, 0) is 27.5 Å². The van der Waals surface area contributed by atoms with E-state index in [4.69, 9.17) is 11.6 Å². The summed E-state index contributed by atoms with van der Waals surface area (Å²) in [5.74, 6) is 0.0900. The van der Waals surface area contributed by atoms with Gasteiger partial charge in [0.1, 0.15) is 23.3 Å². The number of carbonyl (C=O) groups is 1. The molecule has 0 unspecified atom stereocenters. The number of nitrogens with zero attached hydrogens (tertiary/aromatic N) is 6. The predicted octanol–water partition coefficient (Wildman–Crippen LogP) is 3.96. The maximum absolute atomic E-state index is 13.9. The lowest BCUT2D eigenvalue weighted by atomic mass is 10.1. The molecular weight excluding hydrogens is 571 g/mol. The zero-order valence-electron chi connectivity index (χ0n) is 21.5. The number of benzene rings is 1. The van der Waals surface area contributed by atoms with Gasteiger partial charge in [-0.25, -0.2) is 27.7 Å². The summed E-state index contributed by atoms with van der Waals surface area (Å²) in [5, 5.41) is 3.39. The highest BCUT2D eigenvalue weighted by Crippen LogP contribution is 2.36. The number of aromatic nitrogens is 4. The van der Waals surface area contributed by atoms with Crippen LogP contribution in [0.3, 0.4) is 0 Å². The maximum Gasteiger partial charge on any atom is 0.420 e. The first-order valence-electron chi connectivity index (χ1n) is 12.7. The fourth-order valence-electron chi connectivity index (χ4n) is 4.89. The molecule has 2 aliphatic heterocycles. The van der Waals surface area contributed by atoms with Gasteiger partial charge in [-0.1, -0.05) is 17.7 Å². The Kier molecular flexibility index (Phi) is 7.77. The first-order valence-corrected chi connectivity index (χ1v) is 14.9. The number of hydrogen-bond acceptors (Lipinski definition) is 7. The smallest absolute Gasteiger partial charge is 0.351 e. The summed E-state index contributed by atoms with van der Waals surface area (Å²) in [7, 11) is -3.31. The molecule has 40 heavy (non-hydrogen) atoms. The Bertz CT molecular complexity index is 1520. The van der Waals surface area contributed by atoms with Crippen molar-refractivity contribution in [2.45, 2.75) is 44.4 Å². The number of sulfonamides is 1. The second kappa shape index (κ2) is 11.0. The molecule has 1 aromatic carbocycles. The minimum absolute atomic E-state index is 0.00537. The first-order chi connectivity index (χ1) is 18.9. The number of hydrogen-bond donors (Lipinski definition) is 1. The summed E-state index contributed by atoms with van der Waals surface area (Å²) in [6.45, 7) is 1.72. The lowest BCUT2D eigenvalue weighted by molar-refractivity contribution is -0.137. The summed E-state index contributed by atoms with van der Waals surface area (Å²) in [4.78, 5) is 25.9. The van der Waals surface area contributed by atoms with Crippen LogP contribution in [0.2, 0.25) is 5.02 Å². The average Bonchev–Trinajstić information content (AvgIpc) is 3.53. The number of carbonyl (C=O) groups excluding carboxylic acids is 1. The molecule has 2 aliphatic rings. The Balaban J connectivity index is 1.37. The van der Waals surface area contributed by atoms with E-state index < -0.39 is 27.5 Å². The molecule has 0 spiro atoms. The van der Waals surface area contributed by atoms with Crippen LogP contribution in [0.4, 0.5) is 19.1 Å². The Labute approximate surface area is 234 Å². The zero-order valence-corrected chi connectivity index (χ0v) is 23.1. The van der Waals surface area contributed by atoms with Crippen LogP contribution in [0.25, 0.3) is 17.1 Å². The average molecular weight is 598 g/mol. The molecule has 15 heteroatoms. The summed E-state index contributed by atoms with van der Waals surface area (Å²) in [6, 6.07) is 5.07. The Morgan fingerprint density at radius 3 is 2.52 bits per heavy atom. The van der Waals surface area contributed by atoms with Crippen LogP contribution >= 0.6 is 11.6 Å². The number of piperidine rings is 1. The quantitative estimate of drug-likeness (QED) is 0.439. The molecule has 0 aliphatic carbocycles. The molecule has 214 valence electrons. The van der Waals surface area contributed by atoms with Crippen molar-refractivity contribution < 1.29 is 26.4 Å². The van der Waals surface area contributed by atoms with E-state index in [1.165, 1.54) is 21.4 Å². The molecular formula is C25H27ClF3N7O3S. The van der Waals surface area contributed by atoms with Crippen molar-refractivity contribution in [2.75, 3.05) is 31.2 Å². The van der Waals surface area contributed by atoms with Gasteiger partial charge in [0, 0.05) is 51.0 Å². The zero-order chi connectivity index (χ0) is 28.7. The van der Waals surface area contributed by atoms with Crippen LogP contribution in [0.15, 0.2) is 36.9 Å². The number of nitrogens with one attached hydrogen (secondary N) is 1. The van der Waals surface area contributed by atoms with Crippen LogP contribution in [0, 0.1) is 0 Å². The summed E-state index contributed by atoms with van der Waals surface area (Å²) in [5.41, 5.74) is -0.0925. The van der Waals surface area contributed by atoms with Crippen LogP contribution in [0.1, 0.15) is 36.8 Å². The van der Waals surface area contributed by atoms with Crippen molar-refractivity contribution in [2.24, 2.45) is 0 Å². The number of likely N-dealkylation sites (tertiary alicyclic amines) is 1. The number of amides is 1. The molecule has 10 nitrogen and oxygen atoms in total. The Morgan fingerprint density at radius 1 is 1.15 bits per heavy atom. The Hall–Kier alpha value is -3.23. The number of imidazole rings is 1. The van der Waals surface area contributed by atoms with Gasteiger partial charge in [0.2, 0.25) is 21.9 Å². The van der Waals surface area contributed by atoms with Crippen molar-refractivity contribution in [3.8, 4) is 17.1 Å². The van der Waals surface area contributed by atoms with Crippen LogP contribution < -0.4 is 5.32 Å². The van der Waals surface area contributed by atoms with Gasteiger partial charge in [0.05, 0.1) is 17.0 Å². The molecule has 2 aromatic heterocycles. The van der Waals surface area contributed by atoms with E-state index in [1.807, 2.05) is 6.07 Å². The van der Waals surface area contributed by atoms with Crippen LogP contribution in [0.5, 0.6) is 0 Å². The minimum Gasteiger partial charge on any atom is -0.351 e. The minimum atomic E-state index is -4.72. The highest BCUT2D eigenvalue weighted by Gasteiger charge is 2.36. The van der Waals surface area contributed by atoms with Gasteiger partial charge in [0.25, 0.3) is 0 Å². The second-order valence-electron chi connectivity index (χ2n) is 9.91. The lowest BCUT2D eigenvalue weighted by Crippen LogP contribution is -2.42. The predicted molar refractivity (Wildman–Crippen MR) is 142 cm³/mol. The topological polar surface area (TPSA) is 113 Å². The summed E-state index contributed by atoms with van der Waals surface area (Å²) in [6.07, 6.45) is 2.19. The molecule has 1 N–H and O–H groups in total. The number of halogens is 4. The number of alkyl halides is 3. The third kappa shape index (κ3) is 6.23. The van der Waals surface area contributed by atoms with Crippen molar-refractivity contribution in [1.82, 2.24) is 28.7 Å². The normalized spacial score (nSPS) is 17.5. The van der Waals surface area contributed by atoms with E-state index in [0.717, 1.165) is 24.4 Å². The van der Waals surface area contributed by atoms with Crippen molar-refractivity contribution in [3.05, 3.63) is 53.1 Å². The van der Waals surface area contributed by atoms with Gasteiger partial charge in [-0.3, -0.25) is 4.79 Å². The van der Waals surface area contributed by atoms with E-state index >= 15 is 0 Å². The van der Waals surface area contributed by atoms with E-state index in [0.29, 0.717) is 56.2 Å². The lowest BCUT2D eigenvalue weighted by Gasteiger charge is -2.30. The van der Waals surface area contributed by atoms with Gasteiger partial charge in [-0.15, -0.1) is 0 Å². The Morgan fingerprint density at radius 2 is 1.90 bits per heavy atom. The highest BCUT2D eigenvalue weighted by molar-refractivity contribution is 7.88. The van der Waals surface area contributed by atoms with E-state index in [2.05, 4.69) is 20.3 Å². The van der Waals surface area contributed by atoms with Gasteiger partial charge >= 0.3 is 6.18 Å². The standard InChI is InChI=1S/C25H27ClF3N7O3S/c1-40(38,39)36-9-6-17(7-10-36)32-24-30-12-18(25(27,28)29)23(33-24)20-14-35(15-31-20)21-5-4-16(11-19(21)26)13-34-8-2-3-22(34)37/h4-5,11-12,14-15,17H,2-3,6-10,13H2,1H3,(H,30,32,33). The summed E-state index contributed by atoms with van der Waals surface area (Å²) < 4.78 is 68.0. The van der Waals surface area contributed by atoms with Crippen molar-refractivity contribution in [1.29, 1.82) is 0 Å². The molecule has 2 fully saturated rings. The molecule has 0 atom stereocenters. The van der Waals surface area contributed by atoms with Gasteiger partial charge in [-0.2, -0.15) is 13.2 Å². The molecule has 1 amide bonds. The molecule has 2 saturated heterocycles. The van der Waals surface area contributed by atoms with E-state index in [1.54, 1.807) is 17.0 Å². The number of rotatable bonds is 7. The van der Waals surface area contributed by atoms with Crippen molar-refractivity contribution in [3.63, 3.8) is 0 Å². The highest BCUT2D eigenvalue weighted by atomic mass is 35.5. The number of anilines is 1. The third-order valence-corrected chi connectivity index (χ3v) is 8.62. The van der Waals surface area contributed by atoms with Gasteiger partial charge in [0.15, 0.2) is 0 Å². The van der Waals surface area contributed by atoms with Gasteiger partial charge in [-0.05, 0) is 37.0 Å². The second-order valence-corrected chi connectivity index (χ2v) is 12.3. The molecule has 4 heterocycles. The third-order valence-electron chi connectivity index (χ3n) is 7.01. The molecule has 0 saturated carbocycles. The molecule has 3 aromatic rings. The largest absolute Gasteiger partial charge is 0.420 e. The van der Waals surface area contributed by atoms with Crippen LogP contribution in [-0.4, -0.2) is 75.0 Å². The maximum atomic E-state index is 13.9. The van der Waals surface area contributed by atoms with Gasteiger partial charge < -0.3 is 14.8 Å². The molecule has 0 bridgehead atoms. The molecule has 0 radical (unpaired) electrons. The van der Waals surface area contributed by atoms with Crippen molar-refractivity contribution >= 4 is 33.5 Å². The SMILES string of the molecule is CS(=O)(=O)N1CCC(Nc2ncc(C(F)(F)F)c(-c3cn(-c4ccc(CN5CCCC5=O)cc4Cl)cn3)n2)CC1. The fraction of sp³-hybridized carbons (Fsp3) is 0.440. The van der Waals surface area contributed by atoms with E-state index in [9.17, 15) is 26.4 Å². The van der Waals surface area contributed by atoms with E-state index in [-0.39, 0.29) is 23.6 Å². The summed E-state index contributed by atoms with van der Waals surface area (Å²) >= 11 is 6.51. The fourth-order valence-corrected chi connectivity index (χ4v) is 6.07. The monoisotopic (exact) mass is 597 g/mol.